The minimum absolute atomic E-state index is 0.0861. The Balaban J connectivity index is 0. The molecule has 1 atom stereocenters. The van der Waals surface area contributed by atoms with Crippen molar-refractivity contribution < 1.29 is 0 Å². The van der Waals surface area contributed by atoms with Crippen molar-refractivity contribution in [1.29, 1.82) is 5.41 Å². The second-order valence-corrected chi connectivity index (χ2v) is 3.44. The Bertz CT molecular complexity index is 162. The first kappa shape index (κ1) is 15.5. The smallest absolute Gasteiger partial charge is 0.0864 e. The number of alkyl halides is 1. The Kier molecular flexibility index (Phi) is 10.3. The molecular formula is C9H20IN3. The summed E-state index contributed by atoms with van der Waals surface area (Å²) < 4.78 is 0. The molecule has 0 saturated heterocycles. The summed E-state index contributed by atoms with van der Waals surface area (Å²) in [5.74, 6) is 0. The average molecular weight is 297 g/mol. The van der Waals surface area contributed by atoms with E-state index in [1.54, 1.807) is 0 Å². The highest BCUT2D eigenvalue weighted by Gasteiger charge is 2.23. The Morgan fingerprint density at radius 2 is 2.00 bits per heavy atom. The highest BCUT2D eigenvalue weighted by atomic mass is 127. The number of nitrogens with two attached hydrogens (primary N) is 1. The largest absolute Gasteiger partial charge is 0.330 e. The Morgan fingerprint density at radius 1 is 1.54 bits per heavy atom. The van der Waals surface area contributed by atoms with Gasteiger partial charge in [-0.15, -0.1) is 0 Å². The first-order valence-corrected chi connectivity index (χ1v) is 6.40. The molecule has 0 radical (unpaired) electrons. The molecule has 0 aromatic carbocycles. The van der Waals surface area contributed by atoms with E-state index >= 15 is 0 Å². The zero-order valence-electron chi connectivity index (χ0n) is 8.89. The summed E-state index contributed by atoms with van der Waals surface area (Å²) in [5.41, 5.74) is 5.53. The van der Waals surface area contributed by atoms with E-state index in [1.807, 2.05) is 11.9 Å². The van der Waals surface area contributed by atoms with Crippen molar-refractivity contribution in [2.45, 2.75) is 33.2 Å². The van der Waals surface area contributed by atoms with Crippen molar-refractivity contribution in [1.82, 2.24) is 0 Å². The molecule has 0 amide bonds. The lowest BCUT2D eigenvalue weighted by Gasteiger charge is -2.27. The van der Waals surface area contributed by atoms with Gasteiger partial charge in [-0.3, -0.25) is 0 Å². The number of rotatable bonds is 4. The molecule has 0 bridgehead atoms. The van der Waals surface area contributed by atoms with E-state index in [-0.39, 0.29) is 11.5 Å². The van der Waals surface area contributed by atoms with E-state index in [0.29, 0.717) is 6.54 Å². The summed E-state index contributed by atoms with van der Waals surface area (Å²) in [6, 6.07) is 2.19. The van der Waals surface area contributed by atoms with Gasteiger partial charge in [0, 0.05) is 0 Å². The van der Waals surface area contributed by atoms with Crippen LogP contribution in [0.3, 0.4) is 0 Å². The molecule has 0 spiro atoms. The van der Waals surface area contributed by atoms with E-state index in [0.717, 1.165) is 6.42 Å². The fourth-order valence-corrected chi connectivity index (χ4v) is 0.852. The molecule has 1 unspecified atom stereocenters. The highest BCUT2D eigenvalue weighted by molar-refractivity contribution is 14.1. The van der Waals surface area contributed by atoms with Crippen molar-refractivity contribution in [3.05, 3.63) is 0 Å². The molecule has 0 fully saturated rings. The van der Waals surface area contributed by atoms with E-state index in [4.69, 9.17) is 11.1 Å². The second-order valence-electron chi connectivity index (χ2n) is 3.44. The molecule has 4 heteroatoms. The summed E-state index contributed by atoms with van der Waals surface area (Å²) in [6.07, 6.45) is 0.930. The van der Waals surface area contributed by atoms with Crippen molar-refractivity contribution >= 4 is 28.6 Å². The Morgan fingerprint density at radius 3 is 2.31 bits per heavy atom. The highest BCUT2D eigenvalue weighted by Crippen LogP contribution is 2.26. The zero-order valence-corrected chi connectivity index (χ0v) is 11.1. The van der Waals surface area contributed by atoms with Crippen LogP contribution in [0.2, 0.25) is 0 Å². The molecule has 0 saturated carbocycles. The average Bonchev–Trinajstić information content (AvgIpc) is 2.08. The normalized spacial score (nSPS) is 12.2. The lowest BCUT2D eigenvalue weighted by molar-refractivity contribution is 0.284. The van der Waals surface area contributed by atoms with Crippen molar-refractivity contribution in [2.75, 3.05) is 11.5 Å². The summed E-state index contributed by atoms with van der Waals surface area (Å²) in [7, 11) is 0. The summed E-state index contributed by atoms with van der Waals surface area (Å²) in [6.45, 7) is 6.86. The Hall–Kier alpha value is 0.0700. The molecule has 0 aliphatic carbocycles. The van der Waals surface area contributed by atoms with Gasteiger partial charge in [-0.2, -0.15) is 0 Å². The number of nitrogens with zero attached hydrogens (tertiary/aromatic N) is 1. The van der Waals surface area contributed by atoms with Crippen molar-refractivity contribution in [2.24, 2.45) is 16.1 Å². The van der Waals surface area contributed by atoms with Crippen LogP contribution in [0.1, 0.15) is 27.2 Å². The quantitative estimate of drug-likeness (QED) is 0.467. The molecule has 3 nitrogen and oxygen atoms in total. The van der Waals surface area contributed by atoms with Crippen LogP contribution in [0.25, 0.3) is 0 Å². The molecule has 0 rings (SSSR count). The minimum atomic E-state index is 0.0861. The van der Waals surface area contributed by atoms with Gasteiger partial charge in [-0.1, -0.05) is 36.4 Å². The first-order chi connectivity index (χ1) is 6.04. The zero-order chi connectivity index (χ0) is 10.9. The van der Waals surface area contributed by atoms with Gasteiger partial charge in [-0.05, 0) is 30.2 Å². The number of nitrogens with one attached hydrogen (secondary N) is 1. The molecule has 78 valence electrons. The number of aliphatic imine (C=N–C) groups is 1. The van der Waals surface area contributed by atoms with Gasteiger partial charge >= 0.3 is 0 Å². The van der Waals surface area contributed by atoms with Crippen LogP contribution in [0, 0.1) is 10.8 Å². The summed E-state index contributed by atoms with van der Waals surface area (Å²) >= 11 is 2.15. The van der Waals surface area contributed by atoms with Crippen LogP contribution in [0.4, 0.5) is 0 Å². The van der Waals surface area contributed by atoms with Gasteiger partial charge in [0.25, 0.3) is 0 Å². The minimum Gasteiger partial charge on any atom is -0.330 e. The van der Waals surface area contributed by atoms with E-state index in [1.165, 1.54) is 0 Å². The van der Waals surface area contributed by atoms with Gasteiger partial charge < -0.3 is 5.73 Å². The van der Waals surface area contributed by atoms with Crippen molar-refractivity contribution in [3.8, 4) is 0 Å². The van der Waals surface area contributed by atoms with Gasteiger partial charge in [0.1, 0.15) is 0 Å². The lowest BCUT2D eigenvalue weighted by Crippen LogP contribution is -2.27. The van der Waals surface area contributed by atoms with Crippen molar-refractivity contribution in [3.63, 3.8) is 0 Å². The number of halogens is 1. The summed E-state index contributed by atoms with van der Waals surface area (Å²) in [5, 5.41) is 6.70. The van der Waals surface area contributed by atoms with E-state index < -0.39 is 0 Å². The number of hydrogen-bond acceptors (Lipinski definition) is 3. The molecule has 13 heavy (non-hydrogen) atoms. The monoisotopic (exact) mass is 297 g/mol. The van der Waals surface area contributed by atoms with E-state index in [9.17, 15) is 0 Å². The molecule has 0 aliphatic rings. The predicted molar refractivity (Wildman–Crippen MR) is 67.0 cm³/mol. The molecule has 3 N–H and O–H groups in total. The van der Waals surface area contributed by atoms with Crippen LogP contribution in [0.5, 0.6) is 0 Å². The fraction of sp³-hybridized carbons (Fsp3) is 0.889. The maximum atomic E-state index is 6.70. The molecule has 0 aliphatic heterocycles. The third-order valence-electron chi connectivity index (χ3n) is 2.18. The maximum Gasteiger partial charge on any atom is 0.0864 e. The van der Waals surface area contributed by atoms with Gasteiger partial charge in [0.15, 0.2) is 0 Å². The van der Waals surface area contributed by atoms with Gasteiger partial charge in [-0.25, -0.2) is 10.4 Å². The van der Waals surface area contributed by atoms with Gasteiger partial charge in [0.2, 0.25) is 0 Å². The molecular weight excluding hydrogens is 277 g/mol. The third kappa shape index (κ3) is 7.16. The Labute approximate surface area is 94.8 Å². The molecule has 0 heterocycles. The first-order valence-electron chi connectivity index (χ1n) is 4.24. The van der Waals surface area contributed by atoms with Crippen LogP contribution < -0.4 is 5.73 Å². The van der Waals surface area contributed by atoms with E-state index in [2.05, 4.69) is 47.4 Å². The van der Waals surface area contributed by atoms with Crippen LogP contribution in [-0.4, -0.2) is 23.5 Å². The molecule has 0 aromatic heterocycles. The van der Waals surface area contributed by atoms with Crippen LogP contribution in [-0.2, 0) is 0 Å². The second kappa shape index (κ2) is 8.66. The predicted octanol–water partition coefficient (Wildman–Crippen LogP) is 2.55. The maximum absolute atomic E-state index is 6.70. The fourth-order valence-electron chi connectivity index (χ4n) is 0.852. The lowest BCUT2D eigenvalue weighted by atomic mass is 9.82. The number of hydrogen-bond donors (Lipinski definition) is 2. The van der Waals surface area contributed by atoms with Crippen LogP contribution >= 0.6 is 22.6 Å². The van der Waals surface area contributed by atoms with Crippen LogP contribution in [0.15, 0.2) is 4.99 Å². The molecule has 0 aromatic rings. The third-order valence-corrected chi connectivity index (χ3v) is 2.18. The SMILES string of the molecule is CC(N=C=N)C(C)(C)CCN.CI. The van der Waals surface area contributed by atoms with Gasteiger partial charge in [0.05, 0.1) is 12.1 Å². The topological polar surface area (TPSA) is 62.2 Å². The summed E-state index contributed by atoms with van der Waals surface area (Å²) in [4.78, 5) is 5.85. The standard InChI is InChI=1S/C8H17N3.CH3I/c1-7(11-6-10)8(2,3)4-5-9;1-2/h7,10H,4-5,9H2,1-3H3;1H3.